The molecule has 5 nitrogen and oxygen atoms in total. The number of carbonyl (C=O) groups excluding carboxylic acids is 2. The second kappa shape index (κ2) is 8.75. The van der Waals surface area contributed by atoms with Gasteiger partial charge >= 0.3 is 5.97 Å². The van der Waals surface area contributed by atoms with Gasteiger partial charge in [-0.3, -0.25) is 9.69 Å². The number of hydrogen-bond donors (Lipinski definition) is 0. The molecule has 0 atom stereocenters. The van der Waals surface area contributed by atoms with Crippen LogP contribution >= 0.6 is 11.6 Å². The molecule has 6 heteroatoms. The van der Waals surface area contributed by atoms with E-state index in [-0.39, 0.29) is 11.5 Å². The first-order chi connectivity index (χ1) is 15.7. The van der Waals surface area contributed by atoms with E-state index in [4.69, 9.17) is 16.3 Å². The predicted molar refractivity (Wildman–Crippen MR) is 132 cm³/mol. The summed E-state index contributed by atoms with van der Waals surface area (Å²) in [5.74, 6) is -0.790. The largest absolute Gasteiger partial charge is 0.465 e. The van der Waals surface area contributed by atoms with E-state index >= 15 is 0 Å². The fourth-order valence-corrected chi connectivity index (χ4v) is 4.39. The second-order valence-electron chi connectivity index (χ2n) is 8.12. The summed E-state index contributed by atoms with van der Waals surface area (Å²) >= 11 is 6.05. The molecule has 0 saturated heterocycles. The van der Waals surface area contributed by atoms with Gasteiger partial charge < -0.3 is 9.30 Å². The molecule has 1 aliphatic heterocycles. The predicted octanol–water partition coefficient (Wildman–Crippen LogP) is 5.93. The maximum absolute atomic E-state index is 13.5. The van der Waals surface area contributed by atoms with E-state index in [0.29, 0.717) is 22.0 Å². The number of hydrogen-bond acceptors (Lipinski definition) is 3. The highest BCUT2D eigenvalue weighted by Gasteiger charge is 2.38. The zero-order chi connectivity index (χ0) is 23.9. The van der Waals surface area contributed by atoms with Crippen LogP contribution in [0.15, 0.2) is 71.4 Å². The summed E-state index contributed by atoms with van der Waals surface area (Å²) in [5, 5.41) is 0.666. The van der Waals surface area contributed by atoms with Crippen LogP contribution in [0.2, 0.25) is 5.02 Å². The third-order valence-electron chi connectivity index (χ3n) is 5.94. The van der Waals surface area contributed by atoms with Gasteiger partial charge in [-0.1, -0.05) is 29.3 Å². The van der Waals surface area contributed by atoms with Gasteiger partial charge in [0.15, 0.2) is 0 Å². The van der Waals surface area contributed by atoms with E-state index in [1.165, 1.54) is 7.11 Å². The van der Waals surface area contributed by atoms with Gasteiger partial charge in [-0.05, 0) is 81.8 Å². The van der Waals surface area contributed by atoms with Gasteiger partial charge in [0.1, 0.15) is 0 Å². The molecule has 0 spiro atoms. The van der Waals surface area contributed by atoms with Crippen molar-refractivity contribution in [2.24, 2.45) is 0 Å². The Morgan fingerprint density at radius 3 is 2.15 bits per heavy atom. The molecule has 168 valence electrons. The number of rotatable bonds is 4. The maximum Gasteiger partial charge on any atom is 0.340 e. The van der Waals surface area contributed by atoms with Crippen LogP contribution in [-0.4, -0.2) is 23.6 Å². The Morgan fingerprint density at radius 1 is 0.939 bits per heavy atom. The molecular formula is C27H25ClN2O3. The number of carbonyl (C=O) groups is 2. The van der Waals surface area contributed by atoms with Crippen molar-refractivity contribution in [3.63, 3.8) is 0 Å². The van der Waals surface area contributed by atoms with E-state index in [9.17, 15) is 9.59 Å². The summed E-state index contributed by atoms with van der Waals surface area (Å²) in [5.41, 5.74) is 6.71. The number of allylic oxidation sites excluding steroid dienone is 1. The summed E-state index contributed by atoms with van der Waals surface area (Å²) in [6.45, 7) is 7.74. The van der Waals surface area contributed by atoms with Gasteiger partial charge in [0.2, 0.25) is 0 Å². The van der Waals surface area contributed by atoms with Crippen LogP contribution in [0.3, 0.4) is 0 Å². The van der Waals surface area contributed by atoms with Crippen LogP contribution < -0.4 is 4.90 Å². The van der Waals surface area contributed by atoms with Gasteiger partial charge in [-0.2, -0.15) is 0 Å². The summed E-state index contributed by atoms with van der Waals surface area (Å²) in [7, 11) is 1.33. The number of aryl methyl sites for hydroxylation is 2. The fraction of sp³-hybridized carbons (Fsp3) is 0.185. The lowest BCUT2D eigenvalue weighted by Gasteiger charge is -2.18. The van der Waals surface area contributed by atoms with Crippen molar-refractivity contribution in [1.29, 1.82) is 0 Å². The Hall–Kier alpha value is -3.57. The highest BCUT2D eigenvalue weighted by Crippen LogP contribution is 2.36. The second-order valence-corrected chi connectivity index (χ2v) is 8.56. The van der Waals surface area contributed by atoms with E-state index in [1.54, 1.807) is 17.9 Å². The van der Waals surface area contributed by atoms with Crippen LogP contribution in [0, 0.1) is 20.8 Å². The number of methoxy groups -OCH3 is 1. The molecule has 0 fully saturated rings. The summed E-state index contributed by atoms with van der Waals surface area (Å²) in [6, 6.07) is 17.2. The lowest BCUT2D eigenvalue weighted by Crippen LogP contribution is -2.24. The van der Waals surface area contributed by atoms with Crippen molar-refractivity contribution >= 4 is 35.2 Å². The Bertz CT molecular complexity index is 1310. The highest BCUT2D eigenvalue weighted by atomic mass is 35.5. The standard InChI is InChI=1S/C27H25ClN2O3/c1-16-6-10-23(11-7-16)30-19(4)25(27(32)33-5)24(26(30)31)15-20-14-17(2)29(18(20)3)22-12-8-21(28)9-13-22/h6-15H,1-5H3. The molecule has 3 aromatic rings. The van der Waals surface area contributed by atoms with Gasteiger partial charge in [0, 0.05) is 33.5 Å². The first-order valence-electron chi connectivity index (χ1n) is 10.6. The van der Waals surface area contributed by atoms with Gasteiger partial charge in [-0.25, -0.2) is 4.79 Å². The maximum atomic E-state index is 13.5. The van der Waals surface area contributed by atoms with Crippen LogP contribution in [0.25, 0.3) is 11.8 Å². The number of anilines is 1. The molecule has 2 heterocycles. The first kappa shape index (κ1) is 22.6. The monoisotopic (exact) mass is 460 g/mol. The lowest BCUT2D eigenvalue weighted by atomic mass is 10.0. The zero-order valence-electron chi connectivity index (χ0n) is 19.3. The van der Waals surface area contributed by atoms with E-state index in [0.717, 1.165) is 28.2 Å². The SMILES string of the molecule is COC(=O)C1=C(C)N(c2ccc(C)cc2)C(=O)C1=Cc1cc(C)n(-c2ccc(Cl)cc2)c1C. The van der Waals surface area contributed by atoms with E-state index < -0.39 is 5.97 Å². The summed E-state index contributed by atoms with van der Waals surface area (Å²) in [6.07, 6.45) is 1.78. The third-order valence-corrected chi connectivity index (χ3v) is 6.19. The fourth-order valence-electron chi connectivity index (χ4n) is 4.26. The normalized spacial score (nSPS) is 15.0. The van der Waals surface area contributed by atoms with Crippen LogP contribution in [-0.2, 0) is 14.3 Å². The van der Waals surface area contributed by atoms with Crippen LogP contribution in [0.4, 0.5) is 5.69 Å². The molecule has 1 aliphatic rings. The van der Waals surface area contributed by atoms with Crippen LogP contribution in [0.5, 0.6) is 0 Å². The summed E-state index contributed by atoms with van der Waals surface area (Å²) < 4.78 is 7.12. The molecule has 33 heavy (non-hydrogen) atoms. The molecular weight excluding hydrogens is 436 g/mol. The number of ether oxygens (including phenoxy) is 1. The number of benzene rings is 2. The summed E-state index contributed by atoms with van der Waals surface area (Å²) in [4.78, 5) is 27.8. The number of aromatic nitrogens is 1. The Balaban J connectivity index is 1.84. The molecule has 0 aliphatic carbocycles. The lowest BCUT2D eigenvalue weighted by molar-refractivity contribution is -0.136. The van der Waals surface area contributed by atoms with Crippen molar-refractivity contribution in [2.45, 2.75) is 27.7 Å². The zero-order valence-corrected chi connectivity index (χ0v) is 20.0. The average molecular weight is 461 g/mol. The topological polar surface area (TPSA) is 51.5 Å². The minimum atomic E-state index is -0.534. The molecule has 4 rings (SSSR count). The Labute approximate surface area is 198 Å². The molecule has 0 unspecified atom stereocenters. The number of halogens is 1. The smallest absolute Gasteiger partial charge is 0.340 e. The van der Waals surface area contributed by atoms with Crippen molar-refractivity contribution in [1.82, 2.24) is 4.57 Å². The van der Waals surface area contributed by atoms with Gasteiger partial charge in [0.05, 0.1) is 18.3 Å². The number of amides is 1. The van der Waals surface area contributed by atoms with E-state index in [2.05, 4.69) is 4.57 Å². The average Bonchev–Trinajstić information content (AvgIpc) is 3.21. The molecule has 0 radical (unpaired) electrons. The van der Waals surface area contributed by atoms with Crippen molar-refractivity contribution in [3.8, 4) is 5.69 Å². The molecule has 0 saturated carbocycles. The van der Waals surface area contributed by atoms with Crippen LogP contribution in [0.1, 0.15) is 29.4 Å². The molecule has 1 amide bonds. The quantitative estimate of drug-likeness (QED) is 0.358. The Morgan fingerprint density at radius 2 is 1.55 bits per heavy atom. The minimum absolute atomic E-state index is 0.256. The van der Waals surface area contributed by atoms with Crippen molar-refractivity contribution in [2.75, 3.05) is 12.0 Å². The van der Waals surface area contributed by atoms with Gasteiger partial charge in [-0.15, -0.1) is 0 Å². The Kier molecular flexibility index (Phi) is 6.00. The minimum Gasteiger partial charge on any atom is -0.465 e. The molecule has 2 aromatic carbocycles. The molecule has 0 bridgehead atoms. The number of nitrogens with zero attached hydrogens (tertiary/aromatic N) is 2. The highest BCUT2D eigenvalue weighted by molar-refractivity contribution is 6.30. The van der Waals surface area contributed by atoms with E-state index in [1.807, 2.05) is 75.4 Å². The molecule has 0 N–H and O–H groups in total. The molecule has 1 aromatic heterocycles. The van der Waals surface area contributed by atoms with Gasteiger partial charge in [0.25, 0.3) is 5.91 Å². The van der Waals surface area contributed by atoms with Crippen molar-refractivity contribution < 1.29 is 14.3 Å². The third kappa shape index (κ3) is 4.00. The van der Waals surface area contributed by atoms with Crippen molar-refractivity contribution in [3.05, 3.63) is 99.0 Å². The first-order valence-corrected chi connectivity index (χ1v) is 11.0. The number of esters is 1.